The molecule has 17 heavy (non-hydrogen) atoms. The molecule has 0 amide bonds. The number of phenolic OH excluding ortho intramolecular Hbond substituents is 1. The Balaban J connectivity index is 2.03. The highest BCUT2D eigenvalue weighted by Crippen LogP contribution is 2.16. The van der Waals surface area contributed by atoms with Crippen molar-refractivity contribution in [3.8, 4) is 5.75 Å². The average molecular weight is 290 g/mol. The molecule has 0 aliphatic heterocycles. The van der Waals surface area contributed by atoms with Crippen molar-refractivity contribution >= 4 is 22.1 Å². The van der Waals surface area contributed by atoms with Crippen molar-refractivity contribution in [2.24, 2.45) is 4.99 Å². The van der Waals surface area contributed by atoms with Gasteiger partial charge < -0.3 is 5.11 Å². The summed E-state index contributed by atoms with van der Waals surface area (Å²) in [5, 5.41) is 9.56. The number of hydrogen-bond acceptors (Lipinski definition) is 2. The van der Waals surface area contributed by atoms with Crippen LogP contribution < -0.4 is 0 Å². The largest absolute Gasteiger partial charge is 0.508 e. The smallest absolute Gasteiger partial charge is 0.120 e. The van der Waals surface area contributed by atoms with Gasteiger partial charge in [-0.3, -0.25) is 4.99 Å². The van der Waals surface area contributed by atoms with Crippen LogP contribution in [0.15, 0.2) is 58.0 Å². The highest BCUT2D eigenvalue weighted by atomic mass is 79.9. The minimum Gasteiger partial charge on any atom is -0.508 e. The van der Waals surface area contributed by atoms with Gasteiger partial charge in [0.25, 0.3) is 0 Å². The predicted molar refractivity (Wildman–Crippen MR) is 73.5 cm³/mol. The zero-order valence-electron chi connectivity index (χ0n) is 9.18. The Hall–Kier alpha value is -1.61. The molecular weight excluding hydrogens is 278 g/mol. The minimum absolute atomic E-state index is 0.292. The van der Waals surface area contributed by atoms with E-state index >= 15 is 0 Å². The van der Waals surface area contributed by atoms with Gasteiger partial charge in [-0.2, -0.15) is 0 Å². The van der Waals surface area contributed by atoms with Gasteiger partial charge in [-0.1, -0.05) is 46.3 Å². The lowest BCUT2D eigenvalue weighted by molar-refractivity contribution is 0.468. The molecule has 0 aliphatic rings. The standard InChI is InChI=1S/C14H12BrNO/c15-13-7-5-11(6-8-13)9-16-10-12-3-1-2-4-14(12)17/h1-9,17H,10H2. The number of halogens is 1. The maximum atomic E-state index is 9.56. The van der Waals surface area contributed by atoms with Gasteiger partial charge in [-0.15, -0.1) is 0 Å². The molecular formula is C14H12BrNO. The summed E-state index contributed by atoms with van der Waals surface area (Å²) in [6, 6.07) is 15.2. The van der Waals surface area contributed by atoms with Gasteiger partial charge in [-0.05, 0) is 23.8 Å². The molecule has 0 bridgehead atoms. The lowest BCUT2D eigenvalue weighted by Gasteiger charge is -1.99. The summed E-state index contributed by atoms with van der Waals surface area (Å²) in [7, 11) is 0. The Bertz CT molecular complexity index is 520. The van der Waals surface area contributed by atoms with E-state index in [0.717, 1.165) is 15.6 Å². The molecule has 0 saturated carbocycles. The van der Waals surface area contributed by atoms with Crippen LogP contribution in [0.4, 0.5) is 0 Å². The fraction of sp³-hybridized carbons (Fsp3) is 0.0714. The van der Waals surface area contributed by atoms with E-state index in [1.54, 1.807) is 18.3 Å². The Morgan fingerprint density at radius 1 is 1.06 bits per heavy atom. The van der Waals surface area contributed by atoms with Crippen LogP contribution in [0.5, 0.6) is 5.75 Å². The molecule has 86 valence electrons. The normalized spacial score (nSPS) is 10.9. The summed E-state index contributed by atoms with van der Waals surface area (Å²) < 4.78 is 1.05. The van der Waals surface area contributed by atoms with Crippen molar-refractivity contribution in [3.05, 3.63) is 64.1 Å². The van der Waals surface area contributed by atoms with Gasteiger partial charge in [0.1, 0.15) is 5.75 Å². The van der Waals surface area contributed by atoms with Crippen LogP contribution >= 0.6 is 15.9 Å². The molecule has 2 rings (SSSR count). The molecule has 0 atom stereocenters. The van der Waals surface area contributed by atoms with E-state index in [9.17, 15) is 5.11 Å². The second-order valence-corrected chi connectivity index (χ2v) is 4.57. The number of rotatable bonds is 3. The minimum atomic E-state index is 0.292. The van der Waals surface area contributed by atoms with Crippen LogP contribution in [0.25, 0.3) is 0 Å². The van der Waals surface area contributed by atoms with Crippen LogP contribution in [-0.4, -0.2) is 11.3 Å². The van der Waals surface area contributed by atoms with E-state index < -0.39 is 0 Å². The first-order chi connectivity index (χ1) is 8.25. The summed E-state index contributed by atoms with van der Waals surface area (Å²) in [5.74, 6) is 0.292. The number of para-hydroxylation sites is 1. The molecule has 2 nitrogen and oxygen atoms in total. The molecule has 0 aliphatic carbocycles. The van der Waals surface area contributed by atoms with Crippen molar-refractivity contribution in [1.29, 1.82) is 0 Å². The molecule has 0 unspecified atom stereocenters. The van der Waals surface area contributed by atoms with Gasteiger partial charge in [0.2, 0.25) is 0 Å². The molecule has 2 aromatic rings. The van der Waals surface area contributed by atoms with Crippen molar-refractivity contribution in [2.45, 2.75) is 6.54 Å². The van der Waals surface area contributed by atoms with Crippen LogP contribution in [0.2, 0.25) is 0 Å². The Labute approximate surface area is 109 Å². The Morgan fingerprint density at radius 2 is 1.76 bits per heavy atom. The van der Waals surface area contributed by atoms with E-state index in [-0.39, 0.29) is 0 Å². The highest BCUT2D eigenvalue weighted by molar-refractivity contribution is 9.10. The maximum Gasteiger partial charge on any atom is 0.120 e. The third-order valence-corrected chi connectivity index (χ3v) is 2.89. The van der Waals surface area contributed by atoms with Gasteiger partial charge >= 0.3 is 0 Å². The number of benzene rings is 2. The Morgan fingerprint density at radius 3 is 2.47 bits per heavy atom. The zero-order valence-corrected chi connectivity index (χ0v) is 10.8. The Kier molecular flexibility index (Phi) is 3.94. The molecule has 0 fully saturated rings. The van der Waals surface area contributed by atoms with Gasteiger partial charge in [0.05, 0.1) is 6.54 Å². The number of aromatic hydroxyl groups is 1. The molecule has 1 N–H and O–H groups in total. The summed E-state index contributed by atoms with van der Waals surface area (Å²) in [6.07, 6.45) is 1.80. The average Bonchev–Trinajstić information content (AvgIpc) is 2.34. The topological polar surface area (TPSA) is 32.6 Å². The number of aliphatic imine (C=N–C) groups is 1. The van der Waals surface area contributed by atoms with Gasteiger partial charge in [0.15, 0.2) is 0 Å². The van der Waals surface area contributed by atoms with Crippen molar-refractivity contribution in [3.63, 3.8) is 0 Å². The monoisotopic (exact) mass is 289 g/mol. The summed E-state index contributed by atoms with van der Waals surface area (Å²) in [6.45, 7) is 0.489. The number of nitrogens with zero attached hydrogens (tertiary/aromatic N) is 1. The molecule has 0 spiro atoms. The third-order valence-electron chi connectivity index (χ3n) is 2.36. The van der Waals surface area contributed by atoms with Gasteiger partial charge in [-0.25, -0.2) is 0 Å². The summed E-state index contributed by atoms with van der Waals surface area (Å²) >= 11 is 3.38. The third kappa shape index (κ3) is 3.43. The first kappa shape index (κ1) is 11.9. The first-order valence-electron chi connectivity index (χ1n) is 5.28. The fourth-order valence-corrected chi connectivity index (χ4v) is 1.71. The lowest BCUT2D eigenvalue weighted by Crippen LogP contribution is -1.85. The van der Waals surface area contributed by atoms with E-state index in [4.69, 9.17) is 0 Å². The fourth-order valence-electron chi connectivity index (χ4n) is 1.44. The predicted octanol–water partition coefficient (Wildman–Crippen LogP) is 3.77. The van der Waals surface area contributed by atoms with E-state index in [1.807, 2.05) is 36.4 Å². The maximum absolute atomic E-state index is 9.56. The molecule has 0 aromatic heterocycles. The molecule has 2 aromatic carbocycles. The molecule has 0 heterocycles. The second kappa shape index (κ2) is 5.64. The van der Waals surface area contributed by atoms with Crippen molar-refractivity contribution in [1.82, 2.24) is 0 Å². The zero-order chi connectivity index (χ0) is 12.1. The summed E-state index contributed by atoms with van der Waals surface area (Å²) in [5.41, 5.74) is 1.88. The van der Waals surface area contributed by atoms with E-state index in [0.29, 0.717) is 12.3 Å². The molecule has 0 radical (unpaired) electrons. The number of hydrogen-bond donors (Lipinski definition) is 1. The molecule has 0 saturated heterocycles. The van der Waals surface area contributed by atoms with E-state index in [1.165, 1.54) is 0 Å². The summed E-state index contributed by atoms with van der Waals surface area (Å²) in [4.78, 5) is 4.30. The first-order valence-corrected chi connectivity index (χ1v) is 6.07. The number of phenols is 1. The van der Waals surface area contributed by atoms with Crippen LogP contribution in [-0.2, 0) is 6.54 Å². The second-order valence-electron chi connectivity index (χ2n) is 3.65. The van der Waals surface area contributed by atoms with E-state index in [2.05, 4.69) is 20.9 Å². The van der Waals surface area contributed by atoms with Crippen molar-refractivity contribution in [2.75, 3.05) is 0 Å². The SMILES string of the molecule is Oc1ccccc1CN=Cc1ccc(Br)cc1. The van der Waals surface area contributed by atoms with Gasteiger partial charge in [0, 0.05) is 16.3 Å². The van der Waals surface area contributed by atoms with Crippen LogP contribution in [0.3, 0.4) is 0 Å². The lowest BCUT2D eigenvalue weighted by atomic mass is 10.2. The quantitative estimate of drug-likeness (QED) is 0.857. The van der Waals surface area contributed by atoms with Crippen LogP contribution in [0, 0.1) is 0 Å². The molecule has 3 heteroatoms. The van der Waals surface area contributed by atoms with Crippen molar-refractivity contribution < 1.29 is 5.11 Å². The highest BCUT2D eigenvalue weighted by Gasteiger charge is 1.96. The van der Waals surface area contributed by atoms with Crippen LogP contribution in [0.1, 0.15) is 11.1 Å².